The van der Waals surface area contributed by atoms with Gasteiger partial charge in [-0.2, -0.15) is 0 Å². The van der Waals surface area contributed by atoms with Gasteiger partial charge < -0.3 is 9.88 Å². The first-order valence-electron chi connectivity index (χ1n) is 8.30. The second-order valence-electron chi connectivity index (χ2n) is 6.22. The maximum atomic E-state index is 12.4. The number of aromatic nitrogens is 4. The topological polar surface area (TPSA) is 90.9 Å². The highest BCUT2D eigenvalue weighted by Crippen LogP contribution is 2.15. The van der Waals surface area contributed by atoms with E-state index in [0.29, 0.717) is 37.1 Å². The molecule has 0 aliphatic carbocycles. The van der Waals surface area contributed by atoms with Gasteiger partial charge in [0, 0.05) is 31.9 Å². The third-order valence-corrected chi connectivity index (χ3v) is 5.46. The molecular formula is C17H21N5O3S. The molecule has 26 heavy (non-hydrogen) atoms. The second-order valence-corrected chi connectivity index (χ2v) is 7.22. The van der Waals surface area contributed by atoms with Crippen LogP contribution in [0, 0.1) is 6.92 Å². The molecule has 0 saturated heterocycles. The smallest absolute Gasteiger partial charge is 0.332 e. The van der Waals surface area contributed by atoms with Crippen LogP contribution >= 0.6 is 11.3 Å². The zero-order valence-electron chi connectivity index (χ0n) is 15.0. The highest BCUT2D eigenvalue weighted by Gasteiger charge is 2.14. The van der Waals surface area contributed by atoms with Gasteiger partial charge in [0.05, 0.1) is 12.9 Å². The molecule has 9 heteroatoms. The summed E-state index contributed by atoms with van der Waals surface area (Å²) in [6.45, 7) is 3.05. The van der Waals surface area contributed by atoms with Crippen LogP contribution in [0.15, 0.2) is 27.4 Å². The molecule has 3 aromatic heterocycles. The lowest BCUT2D eigenvalue weighted by molar-refractivity contribution is -0.121. The van der Waals surface area contributed by atoms with Crippen molar-refractivity contribution in [2.45, 2.75) is 32.9 Å². The highest BCUT2D eigenvalue weighted by molar-refractivity contribution is 7.10. The van der Waals surface area contributed by atoms with Crippen LogP contribution in [-0.4, -0.2) is 24.6 Å². The molecule has 138 valence electrons. The Hall–Kier alpha value is -2.68. The number of imidazole rings is 1. The van der Waals surface area contributed by atoms with E-state index >= 15 is 0 Å². The van der Waals surface area contributed by atoms with E-state index in [1.54, 1.807) is 29.3 Å². The fourth-order valence-corrected chi connectivity index (χ4v) is 3.67. The Morgan fingerprint density at radius 2 is 2.04 bits per heavy atom. The lowest BCUT2D eigenvalue weighted by atomic mass is 10.2. The molecule has 0 aromatic carbocycles. The average molecular weight is 375 g/mol. The number of fused-ring (bicyclic) bond motifs is 1. The summed E-state index contributed by atoms with van der Waals surface area (Å²) < 4.78 is 4.12. The van der Waals surface area contributed by atoms with Gasteiger partial charge >= 0.3 is 5.69 Å². The number of carbonyl (C=O) groups is 1. The number of hydrogen-bond acceptors (Lipinski definition) is 5. The fraction of sp³-hybridized carbons (Fsp3) is 0.412. The molecule has 0 spiro atoms. The quantitative estimate of drug-likeness (QED) is 0.693. The van der Waals surface area contributed by atoms with Gasteiger partial charge in [-0.15, -0.1) is 11.3 Å². The summed E-state index contributed by atoms with van der Waals surface area (Å²) in [5.41, 5.74) is 1.14. The lowest BCUT2D eigenvalue weighted by Crippen LogP contribution is -2.37. The number of rotatable bonds is 6. The summed E-state index contributed by atoms with van der Waals surface area (Å²) in [7, 11) is 3.03. The van der Waals surface area contributed by atoms with Crippen molar-refractivity contribution in [1.82, 2.24) is 24.0 Å². The SMILES string of the molecule is Cc1ccsc1CNC(=O)CCCn1cnc2c1c(=O)n(C)c(=O)n2C. The zero-order chi connectivity index (χ0) is 18.8. The van der Waals surface area contributed by atoms with Crippen molar-refractivity contribution in [2.75, 3.05) is 0 Å². The maximum absolute atomic E-state index is 12.4. The van der Waals surface area contributed by atoms with Gasteiger partial charge in [-0.3, -0.25) is 18.7 Å². The monoisotopic (exact) mass is 375 g/mol. The van der Waals surface area contributed by atoms with E-state index < -0.39 is 5.69 Å². The van der Waals surface area contributed by atoms with Crippen molar-refractivity contribution in [1.29, 1.82) is 0 Å². The Balaban J connectivity index is 1.63. The Bertz CT molecular complexity index is 1070. The minimum Gasteiger partial charge on any atom is -0.351 e. The van der Waals surface area contributed by atoms with E-state index in [1.807, 2.05) is 18.4 Å². The molecule has 0 radical (unpaired) electrons. The minimum atomic E-state index is -0.406. The summed E-state index contributed by atoms with van der Waals surface area (Å²) in [5, 5.41) is 4.92. The normalized spacial score (nSPS) is 11.2. The maximum Gasteiger partial charge on any atom is 0.332 e. The van der Waals surface area contributed by atoms with E-state index in [4.69, 9.17) is 0 Å². The molecule has 3 aromatic rings. The first kappa shape index (κ1) is 18.1. The van der Waals surface area contributed by atoms with Crippen LogP contribution in [-0.2, 0) is 32.0 Å². The number of thiophene rings is 1. The van der Waals surface area contributed by atoms with E-state index in [-0.39, 0.29) is 11.5 Å². The number of nitrogens with one attached hydrogen (secondary N) is 1. The van der Waals surface area contributed by atoms with Gasteiger partial charge in [-0.1, -0.05) is 0 Å². The van der Waals surface area contributed by atoms with Crippen molar-refractivity contribution >= 4 is 28.4 Å². The molecule has 0 atom stereocenters. The Morgan fingerprint density at radius 3 is 2.73 bits per heavy atom. The van der Waals surface area contributed by atoms with Crippen LogP contribution in [0.3, 0.4) is 0 Å². The molecular weight excluding hydrogens is 354 g/mol. The Kier molecular flexibility index (Phi) is 5.08. The van der Waals surface area contributed by atoms with Gasteiger partial charge in [0.15, 0.2) is 11.2 Å². The van der Waals surface area contributed by atoms with Crippen LogP contribution in [0.4, 0.5) is 0 Å². The third-order valence-electron chi connectivity index (χ3n) is 4.43. The Labute approximate surface area is 153 Å². The predicted molar refractivity (Wildman–Crippen MR) is 100 cm³/mol. The molecule has 1 amide bonds. The largest absolute Gasteiger partial charge is 0.351 e. The van der Waals surface area contributed by atoms with Gasteiger partial charge in [0.1, 0.15) is 0 Å². The van der Waals surface area contributed by atoms with E-state index in [0.717, 1.165) is 9.44 Å². The molecule has 0 aliphatic heterocycles. The second kappa shape index (κ2) is 7.28. The third kappa shape index (κ3) is 3.34. The molecule has 0 bridgehead atoms. The molecule has 8 nitrogen and oxygen atoms in total. The lowest BCUT2D eigenvalue weighted by Gasteiger charge is -2.07. The fourth-order valence-electron chi connectivity index (χ4n) is 2.83. The number of carbonyl (C=O) groups excluding carboxylic acids is 1. The number of aryl methyl sites for hydroxylation is 3. The summed E-state index contributed by atoms with van der Waals surface area (Å²) in [6, 6.07) is 2.03. The van der Waals surface area contributed by atoms with Crippen molar-refractivity contribution < 1.29 is 4.79 Å². The van der Waals surface area contributed by atoms with Crippen LogP contribution in [0.1, 0.15) is 23.3 Å². The number of hydrogen-bond donors (Lipinski definition) is 1. The van der Waals surface area contributed by atoms with Crippen LogP contribution < -0.4 is 16.6 Å². The zero-order valence-corrected chi connectivity index (χ0v) is 15.8. The van der Waals surface area contributed by atoms with Gasteiger partial charge in [0.2, 0.25) is 5.91 Å². The predicted octanol–water partition coefficient (Wildman–Crippen LogP) is 0.900. The summed E-state index contributed by atoms with van der Waals surface area (Å²) in [5.74, 6) is -0.0254. The van der Waals surface area contributed by atoms with Crippen LogP contribution in [0.5, 0.6) is 0 Å². The molecule has 0 fully saturated rings. The van der Waals surface area contributed by atoms with Crippen molar-refractivity contribution in [3.63, 3.8) is 0 Å². The number of amides is 1. The van der Waals surface area contributed by atoms with Crippen molar-refractivity contribution in [3.05, 3.63) is 49.1 Å². The minimum absolute atomic E-state index is 0.0254. The average Bonchev–Trinajstić information content (AvgIpc) is 3.22. The van der Waals surface area contributed by atoms with Crippen molar-refractivity contribution in [3.8, 4) is 0 Å². The summed E-state index contributed by atoms with van der Waals surface area (Å²) >= 11 is 1.63. The number of nitrogens with zero attached hydrogens (tertiary/aromatic N) is 4. The molecule has 3 rings (SSSR count). The molecule has 3 heterocycles. The first-order valence-corrected chi connectivity index (χ1v) is 9.18. The van der Waals surface area contributed by atoms with Crippen molar-refractivity contribution in [2.24, 2.45) is 14.1 Å². The summed E-state index contributed by atoms with van der Waals surface area (Å²) in [4.78, 5) is 41.6. The van der Waals surface area contributed by atoms with E-state index in [2.05, 4.69) is 10.3 Å². The first-order chi connectivity index (χ1) is 12.4. The van der Waals surface area contributed by atoms with Gasteiger partial charge in [0.25, 0.3) is 5.56 Å². The molecule has 0 saturated carbocycles. The molecule has 0 unspecified atom stereocenters. The van der Waals surface area contributed by atoms with Gasteiger partial charge in [-0.05, 0) is 30.4 Å². The van der Waals surface area contributed by atoms with Gasteiger partial charge in [-0.25, -0.2) is 9.78 Å². The summed E-state index contributed by atoms with van der Waals surface area (Å²) in [6.07, 6.45) is 2.47. The molecule has 1 N–H and O–H groups in total. The molecule has 0 aliphatic rings. The van der Waals surface area contributed by atoms with E-state index in [1.165, 1.54) is 17.2 Å². The Morgan fingerprint density at radius 1 is 1.27 bits per heavy atom. The standard InChI is InChI=1S/C17H21N5O3S/c1-11-6-8-26-12(11)9-18-13(23)5-4-7-22-10-19-15-14(22)16(24)21(3)17(25)20(15)2/h6,8,10H,4-5,7,9H2,1-3H3,(H,18,23). The van der Waals surface area contributed by atoms with Crippen LogP contribution in [0.25, 0.3) is 11.2 Å². The van der Waals surface area contributed by atoms with Crippen LogP contribution in [0.2, 0.25) is 0 Å². The highest BCUT2D eigenvalue weighted by atomic mass is 32.1. The van der Waals surface area contributed by atoms with E-state index in [9.17, 15) is 14.4 Å².